The maximum absolute atomic E-state index is 13.3. The molecular weight excluding hydrogens is 282 g/mol. The van der Waals surface area contributed by atoms with Crippen molar-refractivity contribution in [1.82, 2.24) is 4.57 Å². The zero-order valence-corrected chi connectivity index (χ0v) is 14.5. The van der Waals surface area contributed by atoms with E-state index < -0.39 is 0 Å². The Labute approximate surface area is 137 Å². The molecule has 0 fully saturated rings. The van der Waals surface area contributed by atoms with Crippen molar-refractivity contribution in [2.24, 2.45) is 0 Å². The molecule has 0 aliphatic carbocycles. The number of pyridine rings is 1. The van der Waals surface area contributed by atoms with Crippen LogP contribution in [0.4, 0.5) is 0 Å². The van der Waals surface area contributed by atoms with Crippen molar-refractivity contribution in [3.8, 4) is 5.69 Å². The summed E-state index contributed by atoms with van der Waals surface area (Å²) in [6.07, 6.45) is 0. The summed E-state index contributed by atoms with van der Waals surface area (Å²) in [5.74, 6) is 0. The third-order valence-corrected chi connectivity index (χ3v) is 4.28. The van der Waals surface area contributed by atoms with Gasteiger partial charge in [-0.3, -0.25) is 9.36 Å². The number of fused-ring (bicyclic) bond motifs is 1. The summed E-state index contributed by atoms with van der Waals surface area (Å²) in [5.41, 5.74) is 4.09. The first-order valence-corrected chi connectivity index (χ1v) is 8.02. The molecule has 1 aromatic heterocycles. The van der Waals surface area contributed by atoms with Crippen LogP contribution in [0.25, 0.3) is 16.5 Å². The smallest absolute Gasteiger partial charge is 0.263 e. The average Bonchev–Trinajstić information content (AvgIpc) is 2.46. The van der Waals surface area contributed by atoms with Crippen LogP contribution in [0.5, 0.6) is 0 Å². The Morgan fingerprint density at radius 1 is 0.913 bits per heavy atom. The number of hydrogen-bond donors (Lipinski definition) is 0. The highest BCUT2D eigenvalue weighted by atomic mass is 16.1. The molecule has 1 heterocycles. The molecule has 0 atom stereocenters. The lowest BCUT2D eigenvalue weighted by molar-refractivity contribution is 0.549. The molecule has 2 nitrogen and oxygen atoms in total. The van der Waals surface area contributed by atoms with Crippen LogP contribution in [0.2, 0.25) is 0 Å². The zero-order valence-electron chi connectivity index (χ0n) is 14.5. The van der Waals surface area contributed by atoms with Gasteiger partial charge in [0.2, 0.25) is 0 Å². The molecule has 0 N–H and O–H groups in total. The Hall–Kier alpha value is -2.35. The summed E-state index contributed by atoms with van der Waals surface area (Å²) in [7, 11) is 0. The Kier molecular flexibility index (Phi) is 3.63. The molecule has 118 valence electrons. The van der Waals surface area contributed by atoms with E-state index in [0.717, 1.165) is 33.3 Å². The van der Waals surface area contributed by atoms with Gasteiger partial charge in [-0.15, -0.1) is 0 Å². The van der Waals surface area contributed by atoms with Crippen molar-refractivity contribution < 1.29 is 0 Å². The highest BCUT2D eigenvalue weighted by Crippen LogP contribution is 2.27. The molecule has 3 rings (SSSR count). The zero-order chi connectivity index (χ0) is 16.8. The lowest BCUT2D eigenvalue weighted by Crippen LogP contribution is -2.29. The predicted molar refractivity (Wildman–Crippen MR) is 97.7 cm³/mol. The minimum absolute atomic E-state index is 0.0659. The standard InChI is InChI=1S/C21H23NO/c1-14-8-6-11-17(12-14)22-18(21(3,4)5)13-16-10-7-9-15(2)19(16)20(22)23/h6-13H,1-5H3. The molecule has 0 unspecified atom stereocenters. The van der Waals surface area contributed by atoms with Crippen LogP contribution in [0.1, 0.15) is 37.6 Å². The maximum Gasteiger partial charge on any atom is 0.263 e. The second-order valence-electron chi connectivity index (χ2n) is 7.30. The van der Waals surface area contributed by atoms with Crippen LogP contribution < -0.4 is 5.56 Å². The molecule has 0 amide bonds. The van der Waals surface area contributed by atoms with Gasteiger partial charge in [0, 0.05) is 16.8 Å². The summed E-state index contributed by atoms with van der Waals surface area (Å²) in [6, 6.07) is 16.3. The lowest BCUT2D eigenvalue weighted by Gasteiger charge is -2.25. The SMILES string of the molecule is Cc1cccc(-n2c(C(C)(C)C)cc3cccc(C)c3c2=O)c1. The highest BCUT2D eigenvalue weighted by Gasteiger charge is 2.22. The molecule has 0 radical (unpaired) electrons. The molecule has 2 aromatic carbocycles. The van der Waals surface area contributed by atoms with Crippen LogP contribution >= 0.6 is 0 Å². The molecule has 0 bridgehead atoms. The van der Waals surface area contributed by atoms with Gasteiger partial charge >= 0.3 is 0 Å². The first-order valence-electron chi connectivity index (χ1n) is 8.02. The van der Waals surface area contributed by atoms with Gasteiger partial charge in [-0.05, 0) is 48.6 Å². The van der Waals surface area contributed by atoms with Crippen LogP contribution in [0, 0.1) is 13.8 Å². The van der Waals surface area contributed by atoms with Crippen molar-refractivity contribution in [3.05, 3.63) is 75.7 Å². The minimum Gasteiger partial charge on any atom is -0.280 e. The van der Waals surface area contributed by atoms with Crippen LogP contribution in [0.3, 0.4) is 0 Å². The van der Waals surface area contributed by atoms with Gasteiger partial charge in [0.1, 0.15) is 0 Å². The molecule has 3 aromatic rings. The molecule has 23 heavy (non-hydrogen) atoms. The van der Waals surface area contributed by atoms with E-state index in [1.54, 1.807) is 0 Å². The first kappa shape index (κ1) is 15.5. The fourth-order valence-electron chi connectivity index (χ4n) is 3.11. The Morgan fingerprint density at radius 2 is 1.61 bits per heavy atom. The van der Waals surface area contributed by atoms with Crippen LogP contribution in [-0.2, 0) is 5.41 Å². The van der Waals surface area contributed by atoms with Crippen molar-refractivity contribution >= 4 is 10.8 Å². The molecular formula is C21H23NO. The van der Waals surface area contributed by atoms with E-state index in [1.165, 1.54) is 0 Å². The summed E-state index contributed by atoms with van der Waals surface area (Å²) < 4.78 is 1.88. The lowest BCUT2D eigenvalue weighted by atomic mass is 9.89. The van der Waals surface area contributed by atoms with Gasteiger partial charge in [-0.2, -0.15) is 0 Å². The van der Waals surface area contributed by atoms with Crippen molar-refractivity contribution in [3.63, 3.8) is 0 Å². The van der Waals surface area contributed by atoms with Crippen molar-refractivity contribution in [2.45, 2.75) is 40.0 Å². The Balaban J connectivity index is 2.50. The van der Waals surface area contributed by atoms with Crippen molar-refractivity contribution in [2.75, 3.05) is 0 Å². The van der Waals surface area contributed by atoms with Crippen LogP contribution in [0.15, 0.2) is 53.3 Å². The second-order valence-corrected chi connectivity index (χ2v) is 7.30. The van der Waals surface area contributed by atoms with Gasteiger partial charge in [-0.25, -0.2) is 0 Å². The van der Waals surface area contributed by atoms with E-state index in [0.29, 0.717) is 0 Å². The summed E-state index contributed by atoms with van der Waals surface area (Å²) >= 11 is 0. The summed E-state index contributed by atoms with van der Waals surface area (Å²) in [4.78, 5) is 13.3. The number of rotatable bonds is 1. The summed E-state index contributed by atoms with van der Waals surface area (Å²) in [6.45, 7) is 10.5. The van der Waals surface area contributed by atoms with E-state index in [2.05, 4.69) is 45.9 Å². The van der Waals surface area contributed by atoms with Gasteiger partial charge in [0.25, 0.3) is 5.56 Å². The minimum atomic E-state index is -0.124. The van der Waals surface area contributed by atoms with E-state index >= 15 is 0 Å². The van der Waals surface area contributed by atoms with E-state index in [-0.39, 0.29) is 11.0 Å². The number of benzene rings is 2. The normalized spacial score (nSPS) is 11.9. The van der Waals surface area contributed by atoms with Gasteiger partial charge in [0.05, 0.1) is 5.39 Å². The fraction of sp³-hybridized carbons (Fsp3) is 0.286. The number of hydrogen-bond acceptors (Lipinski definition) is 1. The number of aromatic nitrogens is 1. The quantitative estimate of drug-likeness (QED) is 0.626. The predicted octanol–water partition coefficient (Wildman–Crippen LogP) is 4.91. The van der Waals surface area contributed by atoms with Crippen molar-refractivity contribution in [1.29, 1.82) is 0 Å². The fourth-order valence-corrected chi connectivity index (χ4v) is 3.11. The maximum atomic E-state index is 13.3. The largest absolute Gasteiger partial charge is 0.280 e. The molecule has 2 heteroatoms. The van der Waals surface area contributed by atoms with E-state index in [1.807, 2.05) is 41.8 Å². The Morgan fingerprint density at radius 3 is 2.26 bits per heavy atom. The molecule has 0 aliphatic rings. The molecule has 0 saturated carbocycles. The third-order valence-electron chi connectivity index (χ3n) is 4.28. The molecule has 0 aliphatic heterocycles. The number of nitrogens with zero attached hydrogens (tertiary/aromatic N) is 1. The number of aryl methyl sites for hydroxylation is 2. The second kappa shape index (κ2) is 5.38. The van der Waals surface area contributed by atoms with Gasteiger partial charge in [0.15, 0.2) is 0 Å². The van der Waals surface area contributed by atoms with Gasteiger partial charge < -0.3 is 0 Å². The van der Waals surface area contributed by atoms with E-state index in [9.17, 15) is 4.79 Å². The first-order chi connectivity index (χ1) is 10.8. The average molecular weight is 305 g/mol. The van der Waals surface area contributed by atoms with Crippen LogP contribution in [-0.4, -0.2) is 4.57 Å². The highest BCUT2D eigenvalue weighted by molar-refractivity contribution is 5.85. The third kappa shape index (κ3) is 2.70. The van der Waals surface area contributed by atoms with Gasteiger partial charge in [-0.1, -0.05) is 51.1 Å². The Bertz CT molecular complexity index is 942. The summed E-state index contributed by atoms with van der Waals surface area (Å²) in [5, 5.41) is 1.82. The van der Waals surface area contributed by atoms with E-state index in [4.69, 9.17) is 0 Å². The monoisotopic (exact) mass is 305 g/mol. The topological polar surface area (TPSA) is 22.0 Å². The molecule has 0 saturated heterocycles. The molecule has 0 spiro atoms.